The fourth-order valence-corrected chi connectivity index (χ4v) is 5.02. The van der Waals surface area contributed by atoms with E-state index in [1.165, 1.54) is 0 Å². The number of hydrogen-bond acceptors (Lipinski definition) is 17. The second kappa shape index (κ2) is 14.3. The normalized spacial score (nSPS) is 47.0. The van der Waals surface area contributed by atoms with Crippen molar-refractivity contribution in [3.8, 4) is 0 Å². The maximum atomic E-state index is 12.6. The Kier molecular flexibility index (Phi) is 11.9. The number of nitrogens with two attached hydrogens (primary N) is 4. The highest BCUT2D eigenvalue weighted by Crippen LogP contribution is 2.32. The summed E-state index contributed by atoms with van der Waals surface area (Å²) >= 11 is 0. The second-order valence-electron chi connectivity index (χ2n) is 10.3. The molecule has 18 heteroatoms. The number of hydrogen-bond donors (Lipinski definition) is 13. The predicted octanol–water partition coefficient (Wildman–Crippen LogP) is -8.42. The molecule has 18 nitrogen and oxygen atoms in total. The summed E-state index contributed by atoms with van der Waals surface area (Å²) in [6.45, 7) is -0.886. The fraction of sp³-hybridized carbons (Fsp3) is 0.955. The molecule has 2 saturated heterocycles. The van der Waals surface area contributed by atoms with Crippen molar-refractivity contribution < 1.29 is 64.6 Å². The van der Waals surface area contributed by atoms with Crippen LogP contribution in [0.2, 0.25) is 0 Å². The van der Waals surface area contributed by atoms with Gasteiger partial charge in [0.25, 0.3) is 0 Å². The van der Waals surface area contributed by atoms with Gasteiger partial charge in [0.2, 0.25) is 5.91 Å². The maximum absolute atomic E-state index is 12.6. The standard InChI is InChI=1S/C22H43N5O13/c23-2-1-7(29)20(36)27-6-3-8(37-21-16(33)12(26)13(30)10(5-28)39-21)15(32)19(11(6)25)40-22-18(35)17(34)14(31)9(4-24)38-22/h6-19,21-22,28-35H,1-5,23-26H2,(H,27,36)/t6?,7-,8?,9?,10?,11+,12-,13+,14+,15?,16?,17-,18?,19+,21-,22+/m0/s1. The summed E-state index contributed by atoms with van der Waals surface area (Å²) in [5.74, 6) is -0.824. The van der Waals surface area contributed by atoms with Crippen LogP contribution in [-0.4, -0.2) is 164 Å². The van der Waals surface area contributed by atoms with Gasteiger partial charge in [-0.2, -0.15) is 0 Å². The summed E-state index contributed by atoms with van der Waals surface area (Å²) in [5.41, 5.74) is 23.2. The monoisotopic (exact) mass is 585 g/mol. The smallest absolute Gasteiger partial charge is 0.249 e. The van der Waals surface area contributed by atoms with E-state index in [0.717, 1.165) is 0 Å². The molecule has 1 saturated carbocycles. The number of rotatable bonds is 10. The molecule has 17 N–H and O–H groups in total. The minimum absolute atomic E-state index is 0.0178. The average Bonchev–Trinajstić information content (AvgIpc) is 2.93. The van der Waals surface area contributed by atoms with Crippen LogP contribution in [0, 0.1) is 0 Å². The van der Waals surface area contributed by atoms with Gasteiger partial charge in [-0.3, -0.25) is 4.79 Å². The number of ether oxygens (including phenoxy) is 4. The van der Waals surface area contributed by atoms with Gasteiger partial charge in [-0.1, -0.05) is 0 Å². The van der Waals surface area contributed by atoms with Crippen LogP contribution in [0.5, 0.6) is 0 Å². The lowest BCUT2D eigenvalue weighted by atomic mass is 9.83. The first-order valence-electron chi connectivity index (χ1n) is 13.1. The SMILES string of the molecule is NCC[C@H](O)C(=O)NC1CC(O[C@H]2OC(CO)[C@@H](O)[C@H](N)C2O)C(O)[C@H](O[C@H]2OC(CN)[C@@H](O)[C@H](O)C2O)[C@@H]1N. The van der Waals surface area contributed by atoms with Gasteiger partial charge in [0.05, 0.1) is 24.8 Å². The zero-order valence-electron chi connectivity index (χ0n) is 21.7. The second-order valence-corrected chi connectivity index (χ2v) is 10.3. The van der Waals surface area contributed by atoms with Crippen molar-refractivity contribution in [1.82, 2.24) is 5.32 Å². The van der Waals surface area contributed by atoms with Crippen molar-refractivity contribution in [1.29, 1.82) is 0 Å². The van der Waals surface area contributed by atoms with Crippen molar-refractivity contribution in [2.45, 2.75) is 111 Å². The molecule has 2 aliphatic heterocycles. The van der Waals surface area contributed by atoms with Gasteiger partial charge in [0, 0.05) is 12.6 Å². The molecule has 3 aliphatic rings. The van der Waals surface area contributed by atoms with Crippen molar-refractivity contribution in [3.05, 3.63) is 0 Å². The number of carbonyl (C=O) groups is 1. The molecule has 7 unspecified atom stereocenters. The summed E-state index contributed by atoms with van der Waals surface area (Å²) < 4.78 is 22.5. The van der Waals surface area contributed by atoms with E-state index in [1.807, 2.05) is 0 Å². The van der Waals surface area contributed by atoms with Gasteiger partial charge in [-0.25, -0.2) is 0 Å². The Morgan fingerprint density at radius 1 is 0.850 bits per heavy atom. The maximum Gasteiger partial charge on any atom is 0.249 e. The number of nitrogens with one attached hydrogen (secondary N) is 1. The first kappa shape index (κ1) is 33.3. The van der Waals surface area contributed by atoms with Gasteiger partial charge in [0.1, 0.15) is 61.0 Å². The van der Waals surface area contributed by atoms with E-state index in [2.05, 4.69) is 5.32 Å². The molecular weight excluding hydrogens is 542 g/mol. The first-order chi connectivity index (χ1) is 18.9. The molecule has 16 atom stereocenters. The minimum Gasteiger partial charge on any atom is -0.394 e. The molecule has 2 heterocycles. The number of amides is 1. The summed E-state index contributed by atoms with van der Waals surface area (Å²) in [4.78, 5) is 12.6. The molecule has 40 heavy (non-hydrogen) atoms. The molecule has 0 spiro atoms. The van der Waals surface area contributed by atoms with Crippen LogP contribution in [0.3, 0.4) is 0 Å². The number of carbonyl (C=O) groups excluding carboxylic acids is 1. The molecule has 234 valence electrons. The van der Waals surface area contributed by atoms with Crippen molar-refractivity contribution in [3.63, 3.8) is 0 Å². The lowest BCUT2D eigenvalue weighted by Crippen LogP contribution is -2.69. The zero-order chi connectivity index (χ0) is 29.9. The van der Waals surface area contributed by atoms with Crippen LogP contribution in [0.4, 0.5) is 0 Å². The van der Waals surface area contributed by atoms with E-state index in [4.69, 9.17) is 41.9 Å². The Morgan fingerprint density at radius 3 is 2.08 bits per heavy atom. The Balaban J connectivity index is 1.85. The van der Waals surface area contributed by atoms with Crippen molar-refractivity contribution >= 4 is 5.91 Å². The predicted molar refractivity (Wildman–Crippen MR) is 131 cm³/mol. The van der Waals surface area contributed by atoms with Gasteiger partial charge < -0.3 is 88.1 Å². The van der Waals surface area contributed by atoms with E-state index in [9.17, 15) is 45.6 Å². The van der Waals surface area contributed by atoms with Crippen LogP contribution in [0.1, 0.15) is 12.8 Å². The average molecular weight is 586 g/mol. The quantitative estimate of drug-likeness (QED) is 0.113. The fourth-order valence-electron chi connectivity index (χ4n) is 5.02. The van der Waals surface area contributed by atoms with Crippen LogP contribution in [-0.2, 0) is 23.7 Å². The molecule has 3 fully saturated rings. The van der Waals surface area contributed by atoms with Crippen molar-refractivity contribution in [2.24, 2.45) is 22.9 Å². The summed E-state index contributed by atoms with van der Waals surface area (Å²) in [6, 6.07) is -3.51. The minimum atomic E-state index is -1.79. The molecule has 0 aromatic rings. The van der Waals surface area contributed by atoms with E-state index in [1.54, 1.807) is 0 Å². The molecular formula is C22H43N5O13. The third-order valence-electron chi connectivity index (χ3n) is 7.56. The van der Waals surface area contributed by atoms with Crippen molar-refractivity contribution in [2.75, 3.05) is 19.7 Å². The van der Waals surface area contributed by atoms with E-state index in [0.29, 0.717) is 0 Å². The third kappa shape index (κ3) is 7.06. The van der Waals surface area contributed by atoms with E-state index in [-0.39, 0.29) is 25.9 Å². The largest absolute Gasteiger partial charge is 0.394 e. The summed E-state index contributed by atoms with van der Waals surface area (Å²) in [5, 5.41) is 84.7. The molecule has 0 aromatic heterocycles. The topological polar surface area (TPSA) is 332 Å². The van der Waals surface area contributed by atoms with Crippen LogP contribution < -0.4 is 28.3 Å². The van der Waals surface area contributed by atoms with Crippen LogP contribution in [0.25, 0.3) is 0 Å². The van der Waals surface area contributed by atoms with E-state index < -0.39 is 110 Å². The highest BCUT2D eigenvalue weighted by Gasteiger charge is 2.52. The van der Waals surface area contributed by atoms with Gasteiger partial charge in [0.15, 0.2) is 12.6 Å². The van der Waals surface area contributed by atoms with Crippen LogP contribution in [0.15, 0.2) is 0 Å². The third-order valence-corrected chi connectivity index (χ3v) is 7.56. The Hall–Kier alpha value is -1.17. The number of aliphatic hydroxyl groups excluding tert-OH is 8. The molecule has 0 aromatic carbocycles. The first-order valence-corrected chi connectivity index (χ1v) is 13.1. The lowest BCUT2D eigenvalue weighted by molar-refractivity contribution is -0.331. The molecule has 0 radical (unpaired) electrons. The van der Waals surface area contributed by atoms with Gasteiger partial charge in [-0.05, 0) is 19.4 Å². The Labute approximate surface area is 229 Å². The molecule has 0 bridgehead atoms. The van der Waals surface area contributed by atoms with Gasteiger partial charge >= 0.3 is 0 Å². The molecule has 3 rings (SSSR count). The molecule has 1 aliphatic carbocycles. The van der Waals surface area contributed by atoms with Crippen LogP contribution >= 0.6 is 0 Å². The molecule has 1 amide bonds. The lowest BCUT2D eigenvalue weighted by Gasteiger charge is -2.48. The summed E-state index contributed by atoms with van der Waals surface area (Å²) in [6.07, 6.45) is -19.7. The summed E-state index contributed by atoms with van der Waals surface area (Å²) in [7, 11) is 0. The Bertz CT molecular complexity index is 815. The highest BCUT2D eigenvalue weighted by atomic mass is 16.7. The Morgan fingerprint density at radius 2 is 1.48 bits per heavy atom. The zero-order valence-corrected chi connectivity index (χ0v) is 21.7. The van der Waals surface area contributed by atoms with E-state index >= 15 is 0 Å². The highest BCUT2D eigenvalue weighted by molar-refractivity contribution is 5.80. The number of aliphatic hydroxyl groups is 8. The van der Waals surface area contributed by atoms with Gasteiger partial charge in [-0.15, -0.1) is 0 Å².